The summed E-state index contributed by atoms with van der Waals surface area (Å²) >= 11 is 0. The van der Waals surface area contributed by atoms with Crippen molar-refractivity contribution in [2.24, 2.45) is 0 Å². The summed E-state index contributed by atoms with van der Waals surface area (Å²) in [5.41, 5.74) is 3.17. The maximum atomic E-state index is 12.4. The van der Waals surface area contributed by atoms with Crippen LogP contribution in [0.3, 0.4) is 0 Å². The van der Waals surface area contributed by atoms with E-state index in [0.717, 1.165) is 11.3 Å². The van der Waals surface area contributed by atoms with Gasteiger partial charge in [0.1, 0.15) is 5.75 Å². The minimum Gasteiger partial charge on any atom is -0.494 e. The molecule has 3 aromatic rings. The summed E-state index contributed by atoms with van der Waals surface area (Å²) in [5, 5.41) is 7.30. The number of hydrogen-bond acceptors (Lipinski definition) is 4. The number of aromatic nitrogens is 2. The van der Waals surface area contributed by atoms with Crippen LogP contribution in [0.5, 0.6) is 5.75 Å². The highest BCUT2D eigenvalue weighted by Crippen LogP contribution is 2.22. The van der Waals surface area contributed by atoms with E-state index in [-0.39, 0.29) is 23.4 Å². The molecule has 6 nitrogen and oxygen atoms in total. The van der Waals surface area contributed by atoms with Crippen molar-refractivity contribution >= 4 is 5.91 Å². The van der Waals surface area contributed by atoms with Crippen molar-refractivity contribution in [3.8, 4) is 17.0 Å². The second kappa shape index (κ2) is 9.60. The number of ether oxygens (including phenoxy) is 1. The summed E-state index contributed by atoms with van der Waals surface area (Å²) in [6, 6.07) is 18.4. The van der Waals surface area contributed by atoms with Crippen LogP contribution in [0.2, 0.25) is 0 Å². The van der Waals surface area contributed by atoms with Crippen LogP contribution in [0, 0.1) is 0 Å². The average molecular weight is 420 g/mol. The fourth-order valence-electron chi connectivity index (χ4n) is 3.15. The lowest BCUT2D eigenvalue weighted by Gasteiger charge is -2.19. The Labute approximate surface area is 182 Å². The van der Waals surface area contributed by atoms with E-state index >= 15 is 0 Å². The first kappa shape index (κ1) is 22.3. The maximum Gasteiger partial charge on any atom is 0.266 e. The number of nitrogens with zero attached hydrogens (tertiary/aromatic N) is 2. The molecule has 2 aromatic carbocycles. The lowest BCUT2D eigenvalue weighted by Crippen LogP contribution is -2.32. The molecule has 1 aromatic heterocycles. The smallest absolute Gasteiger partial charge is 0.266 e. The number of carbonyl (C=O) groups is 1. The number of rotatable bonds is 7. The van der Waals surface area contributed by atoms with Crippen LogP contribution < -0.4 is 15.6 Å². The summed E-state index contributed by atoms with van der Waals surface area (Å²) in [5.74, 6) is 0.619. The molecule has 0 aliphatic rings. The number of amides is 1. The molecule has 0 bridgehead atoms. The molecule has 3 rings (SSSR count). The first-order valence-corrected chi connectivity index (χ1v) is 10.5. The molecule has 0 saturated carbocycles. The van der Waals surface area contributed by atoms with Gasteiger partial charge in [0.15, 0.2) is 0 Å². The van der Waals surface area contributed by atoms with Gasteiger partial charge in [0.05, 0.1) is 18.8 Å². The van der Waals surface area contributed by atoms with E-state index in [2.05, 4.69) is 31.2 Å². The summed E-state index contributed by atoms with van der Waals surface area (Å²) in [6.45, 7) is 9.53. The third kappa shape index (κ3) is 5.81. The second-order valence-corrected chi connectivity index (χ2v) is 8.32. The van der Waals surface area contributed by atoms with Crippen LogP contribution in [0.15, 0.2) is 65.5 Å². The van der Waals surface area contributed by atoms with Crippen molar-refractivity contribution in [3.05, 3.63) is 82.1 Å². The molecule has 0 atom stereocenters. The zero-order valence-corrected chi connectivity index (χ0v) is 18.5. The Morgan fingerprint density at radius 3 is 2.29 bits per heavy atom. The highest BCUT2D eigenvalue weighted by molar-refractivity contribution is 5.94. The van der Waals surface area contributed by atoms with Crippen LogP contribution >= 0.6 is 0 Å². The van der Waals surface area contributed by atoms with E-state index in [9.17, 15) is 9.59 Å². The quantitative estimate of drug-likeness (QED) is 0.627. The first-order valence-electron chi connectivity index (χ1n) is 10.5. The van der Waals surface area contributed by atoms with Gasteiger partial charge < -0.3 is 10.1 Å². The largest absolute Gasteiger partial charge is 0.494 e. The summed E-state index contributed by atoms with van der Waals surface area (Å²) in [7, 11) is 0. The highest BCUT2D eigenvalue weighted by atomic mass is 16.5. The number of hydrogen-bond donors (Lipinski definition) is 1. The minimum atomic E-state index is -0.210. The van der Waals surface area contributed by atoms with Crippen molar-refractivity contribution in [2.75, 3.05) is 13.2 Å². The summed E-state index contributed by atoms with van der Waals surface area (Å²) in [4.78, 5) is 24.6. The molecule has 0 saturated heterocycles. The van der Waals surface area contributed by atoms with E-state index in [0.29, 0.717) is 24.4 Å². The predicted octanol–water partition coefficient (Wildman–Crippen LogP) is 4.04. The van der Waals surface area contributed by atoms with Crippen LogP contribution in [-0.2, 0) is 12.0 Å². The summed E-state index contributed by atoms with van der Waals surface area (Å²) < 4.78 is 6.83. The molecule has 1 heterocycles. The van der Waals surface area contributed by atoms with E-state index in [4.69, 9.17) is 4.74 Å². The third-order valence-corrected chi connectivity index (χ3v) is 4.95. The molecule has 0 spiro atoms. The van der Waals surface area contributed by atoms with Gasteiger partial charge in [-0.3, -0.25) is 9.59 Å². The van der Waals surface area contributed by atoms with E-state index in [1.54, 1.807) is 6.07 Å². The Hall–Kier alpha value is -3.41. The molecule has 162 valence electrons. The van der Waals surface area contributed by atoms with Crippen LogP contribution in [0.1, 0.15) is 43.6 Å². The molecule has 31 heavy (non-hydrogen) atoms. The fourth-order valence-corrected chi connectivity index (χ4v) is 3.15. The lowest BCUT2D eigenvalue weighted by molar-refractivity contribution is 0.0951. The molecule has 0 fully saturated rings. The van der Waals surface area contributed by atoms with E-state index < -0.39 is 0 Å². The van der Waals surface area contributed by atoms with Gasteiger partial charge in [-0.2, -0.15) is 5.10 Å². The highest BCUT2D eigenvalue weighted by Gasteiger charge is 2.14. The molecule has 6 heteroatoms. The van der Waals surface area contributed by atoms with Gasteiger partial charge in [-0.1, -0.05) is 32.9 Å². The Morgan fingerprint density at radius 1 is 1.00 bits per heavy atom. The molecular formula is C25H29N3O3. The number of nitrogens with one attached hydrogen (secondary N) is 1. The predicted molar refractivity (Wildman–Crippen MR) is 123 cm³/mol. The van der Waals surface area contributed by atoms with Gasteiger partial charge in [-0.05, 0) is 60.4 Å². The zero-order chi connectivity index (χ0) is 22.4. The minimum absolute atomic E-state index is 0.0379. The second-order valence-electron chi connectivity index (χ2n) is 8.32. The Kier molecular flexibility index (Phi) is 6.90. The van der Waals surface area contributed by atoms with Gasteiger partial charge in [0, 0.05) is 23.7 Å². The van der Waals surface area contributed by atoms with Crippen molar-refractivity contribution in [1.82, 2.24) is 15.1 Å². The topological polar surface area (TPSA) is 73.2 Å². The van der Waals surface area contributed by atoms with E-state index in [1.807, 2.05) is 55.5 Å². The number of carbonyl (C=O) groups excluding carboxylic acids is 1. The van der Waals surface area contributed by atoms with Crippen molar-refractivity contribution in [1.29, 1.82) is 0 Å². The Bertz CT molecular complexity index is 1080. The maximum absolute atomic E-state index is 12.4. The lowest BCUT2D eigenvalue weighted by atomic mass is 9.87. The van der Waals surface area contributed by atoms with Crippen molar-refractivity contribution < 1.29 is 9.53 Å². The molecule has 1 amide bonds. The molecule has 1 N–H and O–H groups in total. The SMILES string of the molecule is CCOc1ccc(-c2ccc(=O)n(CCNC(=O)c3ccc(C(C)(C)C)cc3)n2)cc1. The Balaban J connectivity index is 1.63. The fraction of sp³-hybridized carbons (Fsp3) is 0.320. The molecule has 0 unspecified atom stereocenters. The number of benzene rings is 2. The first-order chi connectivity index (χ1) is 14.8. The standard InChI is InChI=1S/C25H29N3O3/c1-5-31-21-12-8-18(9-13-21)22-14-15-23(29)28(27-22)17-16-26-24(30)19-6-10-20(11-7-19)25(2,3)4/h6-15H,5,16-17H2,1-4H3,(H,26,30). The molecule has 0 aliphatic heterocycles. The van der Waals surface area contributed by atoms with Crippen LogP contribution in [0.25, 0.3) is 11.3 Å². The molecule has 0 radical (unpaired) electrons. The van der Waals surface area contributed by atoms with Crippen molar-refractivity contribution in [2.45, 2.75) is 39.7 Å². The normalized spacial score (nSPS) is 11.2. The van der Waals surface area contributed by atoms with Crippen LogP contribution in [0.4, 0.5) is 0 Å². The summed E-state index contributed by atoms with van der Waals surface area (Å²) in [6.07, 6.45) is 0. The van der Waals surface area contributed by atoms with Crippen LogP contribution in [-0.4, -0.2) is 28.8 Å². The van der Waals surface area contributed by atoms with Gasteiger partial charge in [0.25, 0.3) is 11.5 Å². The monoisotopic (exact) mass is 419 g/mol. The average Bonchev–Trinajstić information content (AvgIpc) is 2.75. The van der Waals surface area contributed by atoms with Gasteiger partial charge in [-0.15, -0.1) is 0 Å². The van der Waals surface area contributed by atoms with Gasteiger partial charge in [0.2, 0.25) is 0 Å². The van der Waals surface area contributed by atoms with Gasteiger partial charge >= 0.3 is 0 Å². The third-order valence-electron chi connectivity index (χ3n) is 4.95. The van der Waals surface area contributed by atoms with Gasteiger partial charge in [-0.25, -0.2) is 4.68 Å². The van der Waals surface area contributed by atoms with Crippen molar-refractivity contribution in [3.63, 3.8) is 0 Å². The molecule has 0 aliphatic carbocycles. The zero-order valence-electron chi connectivity index (χ0n) is 18.5. The van der Waals surface area contributed by atoms with E-state index in [1.165, 1.54) is 16.3 Å². The molecular weight excluding hydrogens is 390 g/mol. The Morgan fingerprint density at radius 2 is 1.68 bits per heavy atom.